The number of thiophene rings is 1. The minimum atomic E-state index is 0.0985. The van der Waals surface area contributed by atoms with Crippen LogP contribution in [0, 0.1) is 5.92 Å². The van der Waals surface area contributed by atoms with Crippen molar-refractivity contribution in [2.75, 3.05) is 0 Å². The van der Waals surface area contributed by atoms with Crippen molar-refractivity contribution in [3.05, 3.63) is 22.4 Å². The minimum Gasteiger partial charge on any atom is -0.311 e. The molecule has 1 N–H and O–H groups in total. The predicted octanol–water partition coefficient (Wildman–Crippen LogP) is 3.10. The lowest BCUT2D eigenvalue weighted by Crippen LogP contribution is -2.46. The van der Waals surface area contributed by atoms with Crippen molar-refractivity contribution in [3.8, 4) is 0 Å². The topological polar surface area (TPSA) is 29.1 Å². The second-order valence-electron chi connectivity index (χ2n) is 4.74. The van der Waals surface area contributed by atoms with Crippen molar-refractivity contribution in [2.45, 2.75) is 45.2 Å². The van der Waals surface area contributed by atoms with Gasteiger partial charge in [-0.05, 0) is 31.2 Å². The molecule has 88 valence electrons. The first kappa shape index (κ1) is 11.8. The van der Waals surface area contributed by atoms with Crippen LogP contribution in [-0.2, 0) is 0 Å². The first-order chi connectivity index (χ1) is 7.68. The van der Waals surface area contributed by atoms with Crippen molar-refractivity contribution < 1.29 is 4.79 Å². The van der Waals surface area contributed by atoms with Crippen LogP contribution in [0.2, 0.25) is 0 Å². The van der Waals surface area contributed by atoms with E-state index in [1.54, 1.807) is 11.3 Å². The third-order valence-electron chi connectivity index (χ3n) is 3.43. The third-order valence-corrected chi connectivity index (χ3v) is 4.32. The summed E-state index contributed by atoms with van der Waals surface area (Å²) < 4.78 is 0. The molecular weight excluding hydrogens is 218 g/mol. The van der Waals surface area contributed by atoms with Crippen LogP contribution in [0.4, 0.5) is 0 Å². The summed E-state index contributed by atoms with van der Waals surface area (Å²) in [6, 6.07) is 4.78. The van der Waals surface area contributed by atoms with E-state index in [1.165, 1.54) is 12.8 Å². The molecule has 3 unspecified atom stereocenters. The summed E-state index contributed by atoms with van der Waals surface area (Å²) in [5.74, 6) is 0.392. The molecule has 1 saturated heterocycles. The Morgan fingerprint density at radius 3 is 3.00 bits per heavy atom. The Labute approximate surface area is 101 Å². The highest BCUT2D eigenvalue weighted by Crippen LogP contribution is 2.23. The van der Waals surface area contributed by atoms with Crippen LogP contribution in [-0.4, -0.2) is 17.9 Å². The van der Waals surface area contributed by atoms with Gasteiger partial charge < -0.3 is 5.32 Å². The zero-order valence-electron chi connectivity index (χ0n) is 9.90. The van der Waals surface area contributed by atoms with E-state index in [-0.39, 0.29) is 5.92 Å². The van der Waals surface area contributed by atoms with Gasteiger partial charge in [-0.2, -0.15) is 0 Å². The van der Waals surface area contributed by atoms with Gasteiger partial charge in [0.1, 0.15) is 0 Å². The molecule has 1 aromatic heterocycles. The van der Waals surface area contributed by atoms with Crippen molar-refractivity contribution in [1.29, 1.82) is 0 Å². The van der Waals surface area contributed by atoms with Gasteiger partial charge in [0.15, 0.2) is 5.78 Å². The summed E-state index contributed by atoms with van der Waals surface area (Å²) in [7, 11) is 0. The van der Waals surface area contributed by atoms with Gasteiger partial charge in [0.05, 0.1) is 4.88 Å². The number of piperidine rings is 1. The summed E-state index contributed by atoms with van der Waals surface area (Å²) in [4.78, 5) is 13.1. The van der Waals surface area contributed by atoms with Gasteiger partial charge in [-0.1, -0.05) is 19.4 Å². The lowest BCUT2D eigenvalue weighted by Gasteiger charge is -2.32. The summed E-state index contributed by atoms with van der Waals surface area (Å²) in [5, 5.41) is 5.51. The predicted molar refractivity (Wildman–Crippen MR) is 68.1 cm³/mol. The van der Waals surface area contributed by atoms with E-state index in [4.69, 9.17) is 0 Å². The molecule has 16 heavy (non-hydrogen) atoms. The summed E-state index contributed by atoms with van der Waals surface area (Å²) in [6.45, 7) is 4.26. The third kappa shape index (κ3) is 2.53. The number of Topliss-reactive ketones (excluding diaryl/α,β-unsaturated/α-hetero) is 1. The maximum absolute atomic E-state index is 12.2. The molecule has 0 aromatic carbocycles. The summed E-state index contributed by atoms with van der Waals surface area (Å²) in [5.41, 5.74) is 0. The van der Waals surface area contributed by atoms with Gasteiger partial charge in [-0.15, -0.1) is 11.3 Å². The fraction of sp³-hybridized carbons (Fsp3) is 0.615. The molecule has 0 bridgehead atoms. The quantitative estimate of drug-likeness (QED) is 0.818. The van der Waals surface area contributed by atoms with Crippen LogP contribution in [0.1, 0.15) is 42.8 Å². The molecule has 1 aromatic rings. The Morgan fingerprint density at radius 1 is 1.56 bits per heavy atom. The second kappa shape index (κ2) is 5.11. The molecule has 3 heteroatoms. The zero-order valence-corrected chi connectivity index (χ0v) is 10.7. The smallest absolute Gasteiger partial charge is 0.177 e. The molecule has 2 heterocycles. The van der Waals surface area contributed by atoms with Crippen LogP contribution in [0.15, 0.2) is 17.5 Å². The van der Waals surface area contributed by atoms with E-state index in [0.29, 0.717) is 17.9 Å². The Bertz CT molecular complexity index is 347. The van der Waals surface area contributed by atoms with Gasteiger partial charge in [-0.3, -0.25) is 4.79 Å². The molecule has 1 aliphatic heterocycles. The van der Waals surface area contributed by atoms with Crippen LogP contribution in [0.25, 0.3) is 0 Å². The Hall–Kier alpha value is -0.670. The van der Waals surface area contributed by atoms with Crippen molar-refractivity contribution >= 4 is 17.1 Å². The number of carbonyl (C=O) groups is 1. The standard InChI is InChI=1S/C13H19NOS/c1-9-5-3-6-11(14-9)10(2)13(15)12-7-4-8-16-12/h4,7-11,14H,3,5-6H2,1-2H3. The molecule has 0 radical (unpaired) electrons. The molecule has 0 aliphatic carbocycles. The van der Waals surface area contributed by atoms with Crippen LogP contribution < -0.4 is 5.32 Å². The number of carbonyl (C=O) groups excluding carboxylic acids is 1. The molecule has 0 saturated carbocycles. The molecule has 3 atom stereocenters. The highest BCUT2D eigenvalue weighted by Gasteiger charge is 2.28. The van der Waals surface area contributed by atoms with E-state index < -0.39 is 0 Å². The number of ketones is 1. The number of rotatable bonds is 3. The summed E-state index contributed by atoms with van der Waals surface area (Å²) >= 11 is 1.55. The van der Waals surface area contributed by atoms with Crippen molar-refractivity contribution in [1.82, 2.24) is 5.32 Å². The van der Waals surface area contributed by atoms with Crippen LogP contribution in [0.3, 0.4) is 0 Å². The highest BCUT2D eigenvalue weighted by molar-refractivity contribution is 7.12. The van der Waals surface area contributed by atoms with E-state index in [1.807, 2.05) is 17.5 Å². The Kier molecular flexibility index (Phi) is 3.77. The molecule has 1 aliphatic rings. The Balaban J connectivity index is 2.01. The molecule has 2 rings (SSSR count). The number of nitrogens with one attached hydrogen (secondary N) is 1. The average molecular weight is 237 g/mol. The molecule has 2 nitrogen and oxygen atoms in total. The van der Waals surface area contributed by atoms with E-state index in [0.717, 1.165) is 11.3 Å². The van der Waals surface area contributed by atoms with E-state index >= 15 is 0 Å². The van der Waals surface area contributed by atoms with Crippen molar-refractivity contribution in [3.63, 3.8) is 0 Å². The molecule has 1 fully saturated rings. The molecule has 0 spiro atoms. The first-order valence-electron chi connectivity index (χ1n) is 6.02. The largest absolute Gasteiger partial charge is 0.311 e. The second-order valence-corrected chi connectivity index (χ2v) is 5.68. The maximum Gasteiger partial charge on any atom is 0.177 e. The van der Waals surface area contributed by atoms with E-state index in [9.17, 15) is 4.79 Å². The minimum absolute atomic E-state index is 0.0985. The zero-order chi connectivity index (χ0) is 11.5. The van der Waals surface area contributed by atoms with Gasteiger partial charge in [0, 0.05) is 18.0 Å². The number of hydrogen-bond acceptors (Lipinski definition) is 3. The Morgan fingerprint density at radius 2 is 2.38 bits per heavy atom. The normalized spacial score (nSPS) is 27.6. The summed E-state index contributed by atoms with van der Waals surface area (Å²) in [6.07, 6.45) is 3.60. The van der Waals surface area contributed by atoms with E-state index in [2.05, 4.69) is 19.2 Å². The first-order valence-corrected chi connectivity index (χ1v) is 6.90. The van der Waals surface area contributed by atoms with Gasteiger partial charge in [0.2, 0.25) is 0 Å². The molecule has 0 amide bonds. The van der Waals surface area contributed by atoms with Gasteiger partial charge >= 0.3 is 0 Å². The van der Waals surface area contributed by atoms with Crippen LogP contribution >= 0.6 is 11.3 Å². The molecular formula is C13H19NOS. The van der Waals surface area contributed by atoms with Crippen molar-refractivity contribution in [2.24, 2.45) is 5.92 Å². The highest BCUT2D eigenvalue weighted by atomic mass is 32.1. The monoisotopic (exact) mass is 237 g/mol. The van der Waals surface area contributed by atoms with Crippen LogP contribution in [0.5, 0.6) is 0 Å². The SMILES string of the molecule is CC1CCCC(C(C)C(=O)c2cccs2)N1. The van der Waals surface area contributed by atoms with Gasteiger partial charge in [-0.25, -0.2) is 0 Å². The number of hydrogen-bond donors (Lipinski definition) is 1. The lowest BCUT2D eigenvalue weighted by atomic mass is 9.88. The maximum atomic E-state index is 12.2. The average Bonchev–Trinajstić information content (AvgIpc) is 2.80. The lowest BCUT2D eigenvalue weighted by molar-refractivity contribution is 0.0888. The fourth-order valence-electron chi connectivity index (χ4n) is 2.40. The van der Waals surface area contributed by atoms with Gasteiger partial charge in [0.25, 0.3) is 0 Å². The fourth-order valence-corrected chi connectivity index (χ4v) is 3.16.